The Bertz CT molecular complexity index is 222. The summed E-state index contributed by atoms with van der Waals surface area (Å²) >= 11 is 0. The van der Waals surface area contributed by atoms with Gasteiger partial charge in [0.05, 0.1) is 12.9 Å². The molecule has 0 rings (SSSR count). The molecule has 7 heteroatoms. The van der Waals surface area contributed by atoms with Crippen LogP contribution in [0, 0.1) is 0 Å². The summed E-state index contributed by atoms with van der Waals surface area (Å²) in [6.45, 7) is 0.752. The zero-order valence-electron chi connectivity index (χ0n) is 6.93. The molecule has 0 aromatic heterocycles. The van der Waals surface area contributed by atoms with Crippen molar-refractivity contribution < 1.29 is 74.2 Å². The van der Waals surface area contributed by atoms with Crippen LogP contribution in [0.5, 0.6) is 0 Å². The second kappa shape index (κ2) is 7.45. The molecule has 5 nitrogen and oxygen atoms in total. The van der Waals surface area contributed by atoms with Gasteiger partial charge in [0.1, 0.15) is 10.1 Å². The second-order valence-electron chi connectivity index (χ2n) is 1.71. The van der Waals surface area contributed by atoms with Crippen LogP contribution in [0.4, 0.5) is 0 Å². The molecule has 0 spiro atoms. The topological polar surface area (TPSA) is 86.7 Å². The number of aliphatic hydroxyl groups excluding tert-OH is 1. The van der Waals surface area contributed by atoms with Crippen molar-refractivity contribution in [3.05, 3.63) is 12.3 Å². The van der Waals surface area contributed by atoms with E-state index in [0.29, 0.717) is 0 Å². The molecule has 0 fully saturated rings. The molecule has 0 heterocycles. The number of aliphatic hydroxyl groups is 1. The third kappa shape index (κ3) is 6.55. The molecule has 1 atom stereocenters. The molecule has 0 aliphatic rings. The van der Waals surface area contributed by atoms with E-state index in [1.165, 1.54) is 6.08 Å². The van der Waals surface area contributed by atoms with Crippen LogP contribution in [0.2, 0.25) is 0 Å². The van der Waals surface area contributed by atoms with Crippen LogP contribution in [-0.4, -0.2) is 30.1 Å². The molecule has 1 N–H and O–H groups in total. The Hall–Kier alpha value is 1.05. The zero-order valence-corrected chi connectivity index (χ0v) is 10.9. The first kappa shape index (κ1) is 15.5. The molecule has 0 bridgehead atoms. The predicted molar refractivity (Wildman–Crippen MR) is 36.5 cm³/mol. The van der Waals surface area contributed by atoms with Crippen molar-refractivity contribution in [2.24, 2.45) is 0 Å². The monoisotopic (exact) mass is 220 g/mol. The van der Waals surface area contributed by atoms with Crippen LogP contribution in [0.3, 0.4) is 0 Å². The Kier molecular flexibility index (Phi) is 9.63. The first-order chi connectivity index (χ1) is 5.02. The summed E-state index contributed by atoms with van der Waals surface area (Å²) < 4.78 is 35.0. The van der Waals surface area contributed by atoms with Crippen molar-refractivity contribution in [2.45, 2.75) is 12.4 Å². The maximum absolute atomic E-state index is 10.2. The van der Waals surface area contributed by atoms with E-state index in [0.717, 1.165) is 6.26 Å². The minimum Gasteiger partial charge on any atom is -0.745 e. The van der Waals surface area contributed by atoms with E-state index < -0.39 is 22.2 Å². The standard InChI is InChI=1S/C5H10O5S.K/c1-2-3-10-5(4-6)11(7,8)9;/h2-3,5-6H,4H2,1H3,(H,7,8,9);/q;+1/p-1. The minimum atomic E-state index is -4.56. The van der Waals surface area contributed by atoms with Crippen LogP contribution in [0.25, 0.3) is 0 Å². The third-order valence-electron chi connectivity index (χ3n) is 0.837. The third-order valence-corrected chi connectivity index (χ3v) is 1.74. The Labute approximate surface area is 114 Å². The van der Waals surface area contributed by atoms with Gasteiger partial charge in [-0.2, -0.15) is 0 Å². The van der Waals surface area contributed by atoms with Crippen LogP contribution in [0.15, 0.2) is 12.3 Å². The molecule has 0 saturated carbocycles. The Balaban J connectivity index is 0. The van der Waals surface area contributed by atoms with Gasteiger partial charge in [-0.1, -0.05) is 6.08 Å². The van der Waals surface area contributed by atoms with Gasteiger partial charge >= 0.3 is 51.4 Å². The van der Waals surface area contributed by atoms with E-state index in [4.69, 9.17) is 5.11 Å². The fraction of sp³-hybridized carbons (Fsp3) is 0.600. The largest absolute Gasteiger partial charge is 1.00 e. The fourth-order valence-corrected chi connectivity index (χ4v) is 0.751. The number of ether oxygens (including phenoxy) is 1. The maximum Gasteiger partial charge on any atom is 1.00 e. The van der Waals surface area contributed by atoms with Crippen molar-refractivity contribution >= 4 is 10.1 Å². The first-order valence-electron chi connectivity index (χ1n) is 2.84. The van der Waals surface area contributed by atoms with Crippen molar-refractivity contribution in [1.29, 1.82) is 0 Å². The van der Waals surface area contributed by atoms with Gasteiger partial charge in [-0.15, -0.1) is 0 Å². The molecule has 0 aliphatic heterocycles. The maximum atomic E-state index is 10.2. The summed E-state index contributed by atoms with van der Waals surface area (Å²) in [4.78, 5) is 0. The summed E-state index contributed by atoms with van der Waals surface area (Å²) in [6.07, 6.45) is 2.45. The van der Waals surface area contributed by atoms with Crippen molar-refractivity contribution in [3.63, 3.8) is 0 Å². The molecule has 1 unspecified atom stereocenters. The molecular weight excluding hydrogens is 211 g/mol. The van der Waals surface area contributed by atoms with E-state index in [2.05, 4.69) is 4.74 Å². The molecule has 0 aromatic rings. The molecule has 0 amide bonds. The molecule has 0 radical (unpaired) electrons. The normalized spacial score (nSPS) is 13.9. The Morgan fingerprint density at radius 3 is 2.42 bits per heavy atom. The molecule has 0 saturated heterocycles. The number of hydrogen-bond acceptors (Lipinski definition) is 5. The number of hydrogen-bond donors (Lipinski definition) is 1. The van der Waals surface area contributed by atoms with E-state index in [1.54, 1.807) is 6.92 Å². The van der Waals surface area contributed by atoms with E-state index in [1.807, 2.05) is 0 Å². The molecular formula is C5H9KO5S. The van der Waals surface area contributed by atoms with Crippen molar-refractivity contribution in [1.82, 2.24) is 0 Å². The van der Waals surface area contributed by atoms with Gasteiger partial charge in [0, 0.05) is 0 Å². The summed E-state index contributed by atoms with van der Waals surface area (Å²) in [6, 6.07) is 0. The molecule has 0 aromatic carbocycles. The van der Waals surface area contributed by atoms with Gasteiger partial charge in [0.25, 0.3) is 0 Å². The summed E-state index contributed by atoms with van der Waals surface area (Å²) in [7, 11) is -4.56. The van der Waals surface area contributed by atoms with Gasteiger partial charge in [0.2, 0.25) is 5.44 Å². The van der Waals surface area contributed by atoms with Crippen LogP contribution < -0.4 is 51.4 Å². The van der Waals surface area contributed by atoms with Gasteiger partial charge in [0.15, 0.2) is 0 Å². The molecule has 66 valence electrons. The van der Waals surface area contributed by atoms with Gasteiger partial charge < -0.3 is 14.4 Å². The molecule has 12 heavy (non-hydrogen) atoms. The Morgan fingerprint density at radius 2 is 2.17 bits per heavy atom. The Morgan fingerprint density at radius 1 is 1.67 bits per heavy atom. The average Bonchev–Trinajstić information content (AvgIpc) is 1.87. The van der Waals surface area contributed by atoms with E-state index in [9.17, 15) is 13.0 Å². The van der Waals surface area contributed by atoms with Gasteiger partial charge in [-0.3, -0.25) is 0 Å². The number of allylic oxidation sites excluding steroid dienone is 1. The molecule has 0 aliphatic carbocycles. The summed E-state index contributed by atoms with van der Waals surface area (Å²) in [5.41, 5.74) is -1.70. The fourth-order valence-electron chi connectivity index (χ4n) is 0.369. The van der Waals surface area contributed by atoms with E-state index in [-0.39, 0.29) is 51.4 Å². The van der Waals surface area contributed by atoms with E-state index >= 15 is 0 Å². The SMILES string of the molecule is CC=COC(CO)S(=O)(=O)[O-].[K+]. The number of rotatable bonds is 4. The second-order valence-corrected chi connectivity index (χ2v) is 3.22. The van der Waals surface area contributed by atoms with Crippen LogP contribution in [0.1, 0.15) is 6.92 Å². The minimum absolute atomic E-state index is 0. The average molecular weight is 220 g/mol. The predicted octanol–water partition coefficient (Wildman–Crippen LogP) is -3.60. The van der Waals surface area contributed by atoms with Crippen molar-refractivity contribution in [2.75, 3.05) is 6.61 Å². The van der Waals surface area contributed by atoms with Crippen LogP contribution >= 0.6 is 0 Å². The van der Waals surface area contributed by atoms with Crippen LogP contribution in [-0.2, 0) is 14.9 Å². The zero-order chi connectivity index (χ0) is 8.91. The smallest absolute Gasteiger partial charge is 0.745 e. The van der Waals surface area contributed by atoms with Gasteiger partial charge in [-0.05, 0) is 6.92 Å². The van der Waals surface area contributed by atoms with Crippen molar-refractivity contribution in [3.8, 4) is 0 Å². The summed E-state index contributed by atoms with van der Waals surface area (Å²) in [5.74, 6) is 0. The van der Waals surface area contributed by atoms with Gasteiger partial charge in [-0.25, -0.2) is 8.42 Å². The first-order valence-corrected chi connectivity index (χ1v) is 4.31. The summed E-state index contributed by atoms with van der Waals surface area (Å²) in [5, 5.41) is 8.35. The quantitative estimate of drug-likeness (QED) is 0.300.